The van der Waals surface area contributed by atoms with Crippen molar-refractivity contribution in [3.05, 3.63) is 0 Å². The zero-order chi connectivity index (χ0) is 13.4. The fraction of sp³-hybridized carbons (Fsp3) is 1.00. The van der Waals surface area contributed by atoms with Gasteiger partial charge in [-0.3, -0.25) is 0 Å². The van der Waals surface area contributed by atoms with Gasteiger partial charge < -0.3 is 10.1 Å². The van der Waals surface area contributed by atoms with Gasteiger partial charge in [0.05, 0.1) is 0 Å². The largest absolute Gasteiger partial charge is 0.382 e. The van der Waals surface area contributed by atoms with Crippen LogP contribution in [0.5, 0.6) is 0 Å². The Morgan fingerprint density at radius 3 is 2.67 bits per heavy atom. The molecule has 1 N–H and O–H groups in total. The van der Waals surface area contributed by atoms with Gasteiger partial charge in [0.15, 0.2) is 0 Å². The molecule has 108 valence electrons. The van der Waals surface area contributed by atoms with Crippen molar-refractivity contribution in [3.63, 3.8) is 0 Å². The topological polar surface area (TPSA) is 21.3 Å². The summed E-state index contributed by atoms with van der Waals surface area (Å²) >= 11 is 0. The molecule has 0 aromatic rings. The summed E-state index contributed by atoms with van der Waals surface area (Å²) < 4.78 is 5.47. The molecule has 0 aromatic heterocycles. The Kier molecular flexibility index (Phi) is 7.92. The molecule has 1 rings (SSSR count). The molecular weight excluding hydrogens is 222 g/mol. The fourth-order valence-electron chi connectivity index (χ4n) is 3.16. The first-order chi connectivity index (χ1) is 8.63. The lowest BCUT2D eigenvalue weighted by molar-refractivity contribution is 0.119. The van der Waals surface area contributed by atoms with Gasteiger partial charge in [-0.25, -0.2) is 0 Å². The molecule has 1 saturated carbocycles. The van der Waals surface area contributed by atoms with E-state index in [-0.39, 0.29) is 0 Å². The molecule has 2 nitrogen and oxygen atoms in total. The van der Waals surface area contributed by atoms with Gasteiger partial charge in [0, 0.05) is 19.3 Å². The minimum Gasteiger partial charge on any atom is -0.382 e. The highest BCUT2D eigenvalue weighted by Crippen LogP contribution is 2.36. The van der Waals surface area contributed by atoms with Crippen molar-refractivity contribution in [1.82, 2.24) is 5.32 Å². The van der Waals surface area contributed by atoms with Crippen LogP contribution in [0.3, 0.4) is 0 Å². The minimum absolute atomic E-state index is 0.619. The Labute approximate surface area is 114 Å². The van der Waals surface area contributed by atoms with Gasteiger partial charge in [-0.15, -0.1) is 0 Å². The molecule has 1 aliphatic rings. The van der Waals surface area contributed by atoms with Crippen molar-refractivity contribution in [1.29, 1.82) is 0 Å². The molecule has 18 heavy (non-hydrogen) atoms. The van der Waals surface area contributed by atoms with E-state index in [0.717, 1.165) is 31.0 Å². The van der Waals surface area contributed by atoms with E-state index < -0.39 is 0 Å². The smallest absolute Gasteiger partial charge is 0.0465 e. The van der Waals surface area contributed by atoms with Crippen LogP contribution in [0.4, 0.5) is 0 Å². The summed E-state index contributed by atoms with van der Waals surface area (Å²) in [5.41, 5.74) is 0. The van der Waals surface area contributed by atoms with E-state index in [9.17, 15) is 0 Å². The Morgan fingerprint density at radius 2 is 2.00 bits per heavy atom. The molecule has 1 fully saturated rings. The third-order valence-corrected chi connectivity index (χ3v) is 4.26. The predicted octanol–water partition coefficient (Wildman–Crippen LogP) is 3.85. The van der Waals surface area contributed by atoms with Crippen LogP contribution in [0.15, 0.2) is 0 Å². The van der Waals surface area contributed by atoms with Crippen molar-refractivity contribution in [2.24, 2.45) is 17.8 Å². The van der Waals surface area contributed by atoms with Gasteiger partial charge in [-0.2, -0.15) is 0 Å². The van der Waals surface area contributed by atoms with Crippen molar-refractivity contribution < 1.29 is 4.74 Å². The van der Waals surface area contributed by atoms with E-state index in [1.54, 1.807) is 0 Å². The highest BCUT2D eigenvalue weighted by molar-refractivity contribution is 4.80. The number of hydrogen-bond acceptors (Lipinski definition) is 2. The van der Waals surface area contributed by atoms with E-state index in [4.69, 9.17) is 4.74 Å². The van der Waals surface area contributed by atoms with Crippen LogP contribution in [0.1, 0.15) is 59.8 Å². The number of rotatable bonds is 8. The molecule has 0 aliphatic heterocycles. The number of nitrogens with one attached hydrogen (secondary N) is 1. The minimum atomic E-state index is 0.619. The van der Waals surface area contributed by atoms with Gasteiger partial charge in [0.2, 0.25) is 0 Å². The second kappa shape index (κ2) is 8.92. The maximum Gasteiger partial charge on any atom is 0.0465 e. The van der Waals surface area contributed by atoms with Crippen LogP contribution in [-0.4, -0.2) is 25.8 Å². The quantitative estimate of drug-likeness (QED) is 0.665. The molecule has 0 amide bonds. The van der Waals surface area contributed by atoms with Crippen molar-refractivity contribution in [3.8, 4) is 0 Å². The lowest BCUT2D eigenvalue weighted by atomic mass is 9.72. The molecule has 0 aromatic carbocycles. The van der Waals surface area contributed by atoms with E-state index in [2.05, 4.69) is 33.0 Å². The average Bonchev–Trinajstić information content (AvgIpc) is 2.33. The highest BCUT2D eigenvalue weighted by atomic mass is 16.5. The molecule has 0 saturated heterocycles. The standard InChI is InChI=1S/C16H33NO/c1-5-18-10-6-7-15-11-14(4)8-9-16(15)12-17-13(2)3/h13-17H,5-12H2,1-4H3. The molecular formula is C16H33NO. The molecule has 0 bridgehead atoms. The Hall–Kier alpha value is -0.0800. The Morgan fingerprint density at radius 1 is 1.22 bits per heavy atom. The molecule has 0 heterocycles. The molecule has 3 unspecified atom stereocenters. The van der Waals surface area contributed by atoms with E-state index in [0.29, 0.717) is 6.04 Å². The molecule has 3 atom stereocenters. The molecule has 1 aliphatic carbocycles. The van der Waals surface area contributed by atoms with Gasteiger partial charge in [-0.05, 0) is 56.9 Å². The lowest BCUT2D eigenvalue weighted by Gasteiger charge is -2.35. The fourth-order valence-corrected chi connectivity index (χ4v) is 3.16. The predicted molar refractivity (Wildman–Crippen MR) is 78.9 cm³/mol. The first-order valence-corrected chi connectivity index (χ1v) is 7.94. The van der Waals surface area contributed by atoms with Gasteiger partial charge >= 0.3 is 0 Å². The summed E-state index contributed by atoms with van der Waals surface area (Å²) in [7, 11) is 0. The second-order valence-corrected chi connectivity index (χ2v) is 6.34. The van der Waals surface area contributed by atoms with Crippen molar-refractivity contribution in [2.75, 3.05) is 19.8 Å². The van der Waals surface area contributed by atoms with Crippen LogP contribution >= 0.6 is 0 Å². The summed E-state index contributed by atoms with van der Waals surface area (Å²) in [5, 5.41) is 3.63. The van der Waals surface area contributed by atoms with Crippen LogP contribution in [0, 0.1) is 17.8 Å². The third kappa shape index (κ3) is 6.19. The van der Waals surface area contributed by atoms with Crippen LogP contribution in [0.25, 0.3) is 0 Å². The van der Waals surface area contributed by atoms with Gasteiger partial charge in [0.25, 0.3) is 0 Å². The molecule has 0 radical (unpaired) electrons. The zero-order valence-electron chi connectivity index (χ0n) is 12.9. The normalized spacial score (nSPS) is 28.8. The molecule has 0 spiro atoms. The van der Waals surface area contributed by atoms with Gasteiger partial charge in [-0.1, -0.05) is 27.2 Å². The van der Waals surface area contributed by atoms with Gasteiger partial charge in [0.1, 0.15) is 0 Å². The average molecular weight is 255 g/mol. The lowest BCUT2D eigenvalue weighted by Crippen LogP contribution is -2.35. The summed E-state index contributed by atoms with van der Waals surface area (Å²) in [6, 6.07) is 0.619. The second-order valence-electron chi connectivity index (χ2n) is 6.34. The number of hydrogen-bond donors (Lipinski definition) is 1. The van der Waals surface area contributed by atoms with Crippen LogP contribution in [0.2, 0.25) is 0 Å². The summed E-state index contributed by atoms with van der Waals surface area (Å²) in [6.07, 6.45) is 6.86. The van der Waals surface area contributed by atoms with Crippen LogP contribution in [-0.2, 0) is 4.74 Å². The SMILES string of the molecule is CCOCCCC1CC(C)CCC1CNC(C)C. The van der Waals surface area contributed by atoms with Crippen molar-refractivity contribution in [2.45, 2.75) is 65.8 Å². The Bertz CT molecular complexity index is 205. The maximum absolute atomic E-state index is 5.47. The van der Waals surface area contributed by atoms with E-state index >= 15 is 0 Å². The summed E-state index contributed by atoms with van der Waals surface area (Å²) in [5.74, 6) is 2.74. The summed E-state index contributed by atoms with van der Waals surface area (Å²) in [4.78, 5) is 0. The maximum atomic E-state index is 5.47. The van der Waals surface area contributed by atoms with Crippen LogP contribution < -0.4 is 5.32 Å². The van der Waals surface area contributed by atoms with E-state index in [1.807, 2.05) is 0 Å². The van der Waals surface area contributed by atoms with Crippen molar-refractivity contribution >= 4 is 0 Å². The third-order valence-electron chi connectivity index (χ3n) is 4.26. The zero-order valence-corrected chi connectivity index (χ0v) is 12.9. The molecule has 2 heteroatoms. The Balaban J connectivity index is 2.31. The monoisotopic (exact) mass is 255 g/mol. The highest BCUT2D eigenvalue weighted by Gasteiger charge is 2.27. The first kappa shape index (κ1) is 16.0. The number of ether oxygens (including phenoxy) is 1. The summed E-state index contributed by atoms with van der Waals surface area (Å²) in [6.45, 7) is 12.0. The first-order valence-electron chi connectivity index (χ1n) is 7.94. The van der Waals surface area contributed by atoms with E-state index in [1.165, 1.54) is 38.6 Å².